The van der Waals surface area contributed by atoms with E-state index < -0.39 is 0 Å². The second-order valence-electron chi connectivity index (χ2n) is 5.45. The average molecular weight is 287 g/mol. The third-order valence-corrected chi connectivity index (χ3v) is 4.87. The van der Waals surface area contributed by atoms with E-state index in [1.807, 2.05) is 6.20 Å². The first-order valence-corrected chi connectivity index (χ1v) is 8.11. The molecule has 1 aliphatic rings. The number of nitrogens with one attached hydrogen (secondary N) is 1. The van der Waals surface area contributed by atoms with Crippen molar-refractivity contribution in [2.24, 2.45) is 0 Å². The molecule has 0 aliphatic carbocycles. The minimum Gasteiger partial charge on any atom is -0.308 e. The van der Waals surface area contributed by atoms with Gasteiger partial charge in [-0.25, -0.2) is 4.98 Å². The van der Waals surface area contributed by atoms with Crippen molar-refractivity contribution < 1.29 is 0 Å². The van der Waals surface area contributed by atoms with E-state index in [4.69, 9.17) is 0 Å². The lowest BCUT2D eigenvalue weighted by molar-refractivity contribution is 0.192. The van der Waals surface area contributed by atoms with Crippen LogP contribution >= 0.6 is 11.3 Å². The molecule has 0 bridgehead atoms. The average Bonchev–Trinajstić information content (AvgIpc) is 3.03. The van der Waals surface area contributed by atoms with Gasteiger partial charge in [0.05, 0.1) is 5.01 Å². The monoisotopic (exact) mass is 287 g/mol. The first kappa shape index (κ1) is 13.7. The van der Waals surface area contributed by atoms with E-state index in [-0.39, 0.29) is 0 Å². The van der Waals surface area contributed by atoms with E-state index in [1.54, 1.807) is 11.3 Å². The predicted molar refractivity (Wildman–Crippen MR) is 84.2 cm³/mol. The number of hydrogen-bond acceptors (Lipinski definition) is 4. The van der Waals surface area contributed by atoms with Crippen molar-refractivity contribution in [3.63, 3.8) is 0 Å². The van der Waals surface area contributed by atoms with Crippen molar-refractivity contribution in [3.05, 3.63) is 52.5 Å². The Morgan fingerprint density at radius 3 is 3.00 bits per heavy atom. The summed E-state index contributed by atoms with van der Waals surface area (Å²) in [5.74, 6) is 0.518. The van der Waals surface area contributed by atoms with Crippen molar-refractivity contribution in [1.29, 1.82) is 0 Å². The lowest BCUT2D eigenvalue weighted by Crippen LogP contribution is -2.46. The van der Waals surface area contributed by atoms with Crippen molar-refractivity contribution in [1.82, 2.24) is 15.2 Å². The molecule has 2 heterocycles. The molecule has 20 heavy (non-hydrogen) atoms. The molecule has 3 rings (SSSR count). The van der Waals surface area contributed by atoms with Crippen molar-refractivity contribution >= 4 is 11.3 Å². The van der Waals surface area contributed by atoms with Crippen molar-refractivity contribution in [3.8, 4) is 0 Å². The Bertz CT molecular complexity index is 512. The molecule has 106 valence electrons. The van der Waals surface area contributed by atoms with Gasteiger partial charge >= 0.3 is 0 Å². The molecule has 2 unspecified atom stereocenters. The number of piperazine rings is 1. The third kappa shape index (κ3) is 3.26. The summed E-state index contributed by atoms with van der Waals surface area (Å²) in [5, 5.41) is 6.93. The van der Waals surface area contributed by atoms with Crippen molar-refractivity contribution in [2.45, 2.75) is 18.9 Å². The number of hydrogen-bond donors (Lipinski definition) is 1. The Morgan fingerprint density at radius 2 is 2.25 bits per heavy atom. The summed E-state index contributed by atoms with van der Waals surface area (Å²) in [5.41, 5.74) is 1.39. The van der Waals surface area contributed by atoms with Crippen LogP contribution in [0.2, 0.25) is 0 Å². The highest BCUT2D eigenvalue weighted by molar-refractivity contribution is 7.09. The maximum Gasteiger partial charge on any atom is 0.0965 e. The van der Waals surface area contributed by atoms with Crippen LogP contribution in [0.25, 0.3) is 0 Å². The largest absolute Gasteiger partial charge is 0.308 e. The molecule has 0 amide bonds. The number of aromatic nitrogens is 1. The summed E-state index contributed by atoms with van der Waals surface area (Å²) in [4.78, 5) is 6.99. The van der Waals surface area contributed by atoms with Crippen LogP contribution in [0.5, 0.6) is 0 Å². The molecule has 1 aromatic heterocycles. The highest BCUT2D eigenvalue weighted by atomic mass is 32.1. The zero-order valence-corrected chi connectivity index (χ0v) is 12.6. The minimum absolute atomic E-state index is 0.452. The number of benzene rings is 1. The topological polar surface area (TPSA) is 28.2 Å². The fourth-order valence-corrected chi connectivity index (χ4v) is 3.52. The Balaban J connectivity index is 1.61. The maximum absolute atomic E-state index is 4.44. The molecule has 0 spiro atoms. The van der Waals surface area contributed by atoms with Crippen LogP contribution in [-0.2, 0) is 0 Å². The quantitative estimate of drug-likeness (QED) is 0.937. The molecular weight excluding hydrogens is 266 g/mol. The van der Waals surface area contributed by atoms with E-state index in [1.165, 1.54) is 10.6 Å². The molecule has 0 radical (unpaired) electrons. The molecule has 3 nitrogen and oxygen atoms in total. The van der Waals surface area contributed by atoms with Gasteiger partial charge in [0.25, 0.3) is 0 Å². The van der Waals surface area contributed by atoms with Gasteiger partial charge in [-0.2, -0.15) is 0 Å². The molecular formula is C16H21N3S. The summed E-state index contributed by atoms with van der Waals surface area (Å²) >= 11 is 1.76. The second kappa shape index (κ2) is 6.48. The Hall–Kier alpha value is -1.23. The van der Waals surface area contributed by atoms with Gasteiger partial charge in [0.1, 0.15) is 0 Å². The van der Waals surface area contributed by atoms with Gasteiger partial charge < -0.3 is 5.32 Å². The van der Waals surface area contributed by atoms with E-state index in [0.29, 0.717) is 12.0 Å². The standard InChI is InChI=1S/C16H21N3S/c1-13(16-18-8-10-20-16)11-19-9-7-17-15(12-19)14-5-3-2-4-6-14/h2-6,8,10,13,15,17H,7,9,11-12H2,1H3. The molecule has 2 atom stereocenters. The van der Waals surface area contributed by atoms with Gasteiger partial charge in [-0.05, 0) is 5.56 Å². The van der Waals surface area contributed by atoms with Gasteiger partial charge in [-0.1, -0.05) is 37.3 Å². The summed E-state index contributed by atoms with van der Waals surface area (Å²) in [6.07, 6.45) is 1.90. The zero-order valence-electron chi connectivity index (χ0n) is 11.8. The lowest BCUT2D eigenvalue weighted by Gasteiger charge is -2.35. The first-order chi connectivity index (χ1) is 9.83. The van der Waals surface area contributed by atoms with Crippen LogP contribution in [-0.4, -0.2) is 36.1 Å². The third-order valence-electron chi connectivity index (χ3n) is 3.87. The highest BCUT2D eigenvalue weighted by Gasteiger charge is 2.22. The summed E-state index contributed by atoms with van der Waals surface area (Å²) in [6.45, 7) is 6.64. The van der Waals surface area contributed by atoms with Gasteiger partial charge in [0.2, 0.25) is 0 Å². The maximum atomic E-state index is 4.44. The fraction of sp³-hybridized carbons (Fsp3) is 0.438. The van der Waals surface area contributed by atoms with Crippen LogP contribution in [0, 0.1) is 0 Å². The molecule has 1 aromatic carbocycles. The summed E-state index contributed by atoms with van der Waals surface area (Å²) < 4.78 is 0. The molecule has 1 N–H and O–H groups in total. The Kier molecular flexibility index (Phi) is 4.45. The minimum atomic E-state index is 0.452. The zero-order chi connectivity index (χ0) is 13.8. The van der Waals surface area contributed by atoms with Crippen molar-refractivity contribution in [2.75, 3.05) is 26.2 Å². The molecule has 2 aromatic rings. The molecule has 4 heteroatoms. The van der Waals surface area contributed by atoms with Gasteiger partial charge in [-0.15, -0.1) is 11.3 Å². The number of thiazole rings is 1. The fourth-order valence-electron chi connectivity index (χ4n) is 2.83. The molecule has 1 fully saturated rings. The smallest absolute Gasteiger partial charge is 0.0965 e. The van der Waals surface area contributed by atoms with Crippen LogP contribution in [0.3, 0.4) is 0 Å². The number of nitrogens with zero attached hydrogens (tertiary/aromatic N) is 2. The van der Waals surface area contributed by atoms with Crippen LogP contribution < -0.4 is 5.32 Å². The van der Waals surface area contributed by atoms with Gasteiger partial charge in [-0.3, -0.25) is 4.90 Å². The van der Waals surface area contributed by atoms with Gasteiger partial charge in [0.15, 0.2) is 0 Å². The van der Waals surface area contributed by atoms with E-state index in [2.05, 4.69) is 57.8 Å². The van der Waals surface area contributed by atoms with Crippen LogP contribution in [0.15, 0.2) is 41.9 Å². The molecule has 1 saturated heterocycles. The molecule has 1 aliphatic heterocycles. The van der Waals surface area contributed by atoms with Gasteiger partial charge in [0, 0.05) is 49.7 Å². The normalized spacial score (nSPS) is 21.8. The Morgan fingerprint density at radius 1 is 1.40 bits per heavy atom. The second-order valence-corrected chi connectivity index (χ2v) is 6.37. The van der Waals surface area contributed by atoms with E-state index in [0.717, 1.165) is 26.2 Å². The molecule has 0 saturated carbocycles. The van der Waals surface area contributed by atoms with Crippen LogP contribution in [0.4, 0.5) is 0 Å². The Labute approximate surface area is 124 Å². The number of rotatable bonds is 4. The van der Waals surface area contributed by atoms with Crippen LogP contribution in [0.1, 0.15) is 29.5 Å². The highest BCUT2D eigenvalue weighted by Crippen LogP contribution is 2.22. The summed E-state index contributed by atoms with van der Waals surface area (Å²) in [7, 11) is 0. The SMILES string of the molecule is CC(CN1CCNC(c2ccccc2)C1)c1nccs1. The predicted octanol–water partition coefficient (Wildman–Crippen LogP) is 2.89. The first-order valence-electron chi connectivity index (χ1n) is 7.23. The lowest BCUT2D eigenvalue weighted by atomic mass is 10.0. The summed E-state index contributed by atoms with van der Waals surface area (Å²) in [6, 6.07) is 11.2. The van der Waals surface area contributed by atoms with E-state index in [9.17, 15) is 0 Å². The van der Waals surface area contributed by atoms with E-state index >= 15 is 0 Å².